The number of hydrogen-bond acceptors (Lipinski definition) is 3. The van der Waals surface area contributed by atoms with Crippen LogP contribution < -0.4 is 5.56 Å². The first-order valence-electron chi connectivity index (χ1n) is 9.76. The molecule has 0 aliphatic carbocycles. The summed E-state index contributed by atoms with van der Waals surface area (Å²) in [6.07, 6.45) is 1.95. The number of aromatic nitrogens is 2. The predicted octanol–water partition coefficient (Wildman–Crippen LogP) is 3.83. The van der Waals surface area contributed by atoms with Gasteiger partial charge < -0.3 is 4.90 Å². The van der Waals surface area contributed by atoms with Gasteiger partial charge in [-0.05, 0) is 25.3 Å². The molecule has 1 aromatic heterocycles. The maximum atomic E-state index is 13.4. The van der Waals surface area contributed by atoms with Crippen molar-refractivity contribution in [1.29, 1.82) is 0 Å². The summed E-state index contributed by atoms with van der Waals surface area (Å²) in [5, 5.41) is 4.64. The molecular formula is C23H23N3O2. The minimum Gasteiger partial charge on any atom is -0.338 e. The monoisotopic (exact) mass is 373 g/mol. The highest BCUT2D eigenvalue weighted by Crippen LogP contribution is 2.32. The highest BCUT2D eigenvalue weighted by molar-refractivity contribution is 6.03. The van der Waals surface area contributed by atoms with Gasteiger partial charge in [0.25, 0.3) is 11.5 Å². The van der Waals surface area contributed by atoms with Crippen molar-refractivity contribution >= 4 is 5.91 Å². The molecule has 2 heterocycles. The van der Waals surface area contributed by atoms with Gasteiger partial charge >= 0.3 is 0 Å². The Bertz CT molecular complexity index is 1040. The van der Waals surface area contributed by atoms with Crippen molar-refractivity contribution in [3.05, 3.63) is 76.6 Å². The molecule has 142 valence electrons. The molecule has 3 aromatic rings. The highest BCUT2D eigenvalue weighted by atomic mass is 16.2. The van der Waals surface area contributed by atoms with Gasteiger partial charge in [-0.2, -0.15) is 5.10 Å². The number of likely N-dealkylation sites (tertiary alicyclic amines) is 1. The summed E-state index contributed by atoms with van der Waals surface area (Å²) < 4.78 is 1.40. The molecule has 28 heavy (non-hydrogen) atoms. The molecule has 0 saturated carbocycles. The van der Waals surface area contributed by atoms with E-state index in [2.05, 4.69) is 5.10 Å². The average molecular weight is 373 g/mol. The SMILES string of the molecule is CCn1nc(-c2ccccc2)c(-c2ccccc2)c(C(=O)N2CCCC2)c1=O. The largest absolute Gasteiger partial charge is 0.338 e. The Morgan fingerprint density at radius 1 is 0.929 bits per heavy atom. The standard InChI is InChI=1S/C23H23N3O2/c1-2-26-23(28)20(22(27)25-15-9-10-16-25)19(17-11-5-3-6-12-17)21(24-26)18-13-7-4-8-14-18/h3-8,11-14H,2,9-10,15-16H2,1H3. The molecule has 0 spiro atoms. The van der Waals surface area contributed by atoms with Crippen LogP contribution in [0.4, 0.5) is 0 Å². The Kier molecular flexibility index (Phi) is 5.06. The lowest BCUT2D eigenvalue weighted by Gasteiger charge is -2.20. The zero-order chi connectivity index (χ0) is 19.5. The average Bonchev–Trinajstić information content (AvgIpc) is 3.29. The van der Waals surface area contributed by atoms with Crippen molar-refractivity contribution in [3.8, 4) is 22.4 Å². The van der Waals surface area contributed by atoms with E-state index in [0.29, 0.717) is 30.9 Å². The van der Waals surface area contributed by atoms with E-state index in [0.717, 1.165) is 24.0 Å². The van der Waals surface area contributed by atoms with E-state index in [1.807, 2.05) is 67.6 Å². The van der Waals surface area contributed by atoms with Gasteiger partial charge in [-0.3, -0.25) is 9.59 Å². The van der Waals surface area contributed by atoms with E-state index in [9.17, 15) is 9.59 Å². The van der Waals surface area contributed by atoms with Gasteiger partial charge in [0.05, 0.1) is 5.69 Å². The number of aryl methyl sites for hydroxylation is 1. The van der Waals surface area contributed by atoms with Crippen LogP contribution in [-0.2, 0) is 6.54 Å². The Hall–Kier alpha value is -3.21. The fraction of sp³-hybridized carbons (Fsp3) is 0.261. The zero-order valence-corrected chi connectivity index (χ0v) is 16.0. The number of hydrogen-bond donors (Lipinski definition) is 0. The number of carbonyl (C=O) groups is 1. The van der Waals surface area contributed by atoms with Crippen LogP contribution in [-0.4, -0.2) is 33.7 Å². The molecule has 5 heteroatoms. The second kappa shape index (κ2) is 7.80. The number of carbonyl (C=O) groups excluding carboxylic acids is 1. The van der Waals surface area contributed by atoms with Crippen molar-refractivity contribution in [2.75, 3.05) is 13.1 Å². The van der Waals surface area contributed by atoms with Crippen molar-refractivity contribution in [2.45, 2.75) is 26.3 Å². The highest BCUT2D eigenvalue weighted by Gasteiger charge is 2.29. The lowest BCUT2D eigenvalue weighted by atomic mass is 9.95. The van der Waals surface area contributed by atoms with E-state index in [-0.39, 0.29) is 17.0 Å². The zero-order valence-electron chi connectivity index (χ0n) is 16.0. The molecule has 1 aliphatic heterocycles. The molecule has 0 atom stereocenters. The van der Waals surface area contributed by atoms with Gasteiger partial charge in [0, 0.05) is 30.8 Å². The van der Waals surface area contributed by atoms with Crippen molar-refractivity contribution in [1.82, 2.24) is 14.7 Å². The minimum absolute atomic E-state index is 0.192. The topological polar surface area (TPSA) is 55.2 Å². The van der Waals surface area contributed by atoms with E-state index in [1.165, 1.54) is 4.68 Å². The fourth-order valence-electron chi connectivity index (χ4n) is 3.75. The number of benzene rings is 2. The smallest absolute Gasteiger partial charge is 0.280 e. The predicted molar refractivity (Wildman–Crippen MR) is 110 cm³/mol. The van der Waals surface area contributed by atoms with Crippen LogP contribution in [0, 0.1) is 0 Å². The van der Waals surface area contributed by atoms with Gasteiger partial charge in [-0.25, -0.2) is 4.68 Å². The van der Waals surface area contributed by atoms with Crippen LogP contribution in [0.15, 0.2) is 65.5 Å². The van der Waals surface area contributed by atoms with Crippen LogP contribution in [0.5, 0.6) is 0 Å². The second-order valence-electron chi connectivity index (χ2n) is 6.95. The lowest BCUT2D eigenvalue weighted by molar-refractivity contribution is 0.0791. The lowest BCUT2D eigenvalue weighted by Crippen LogP contribution is -2.37. The molecule has 0 radical (unpaired) electrons. The molecule has 1 saturated heterocycles. The minimum atomic E-state index is -0.321. The quantitative estimate of drug-likeness (QED) is 0.698. The Morgan fingerprint density at radius 3 is 2.07 bits per heavy atom. The third-order valence-electron chi connectivity index (χ3n) is 5.17. The second-order valence-corrected chi connectivity index (χ2v) is 6.95. The number of nitrogens with zero attached hydrogens (tertiary/aromatic N) is 3. The summed E-state index contributed by atoms with van der Waals surface area (Å²) >= 11 is 0. The van der Waals surface area contributed by atoms with Crippen LogP contribution in [0.1, 0.15) is 30.1 Å². The number of amides is 1. The van der Waals surface area contributed by atoms with Crippen molar-refractivity contribution in [3.63, 3.8) is 0 Å². The molecule has 2 aromatic carbocycles. The summed E-state index contributed by atoms with van der Waals surface area (Å²) in [6, 6.07) is 19.4. The third-order valence-corrected chi connectivity index (χ3v) is 5.17. The van der Waals surface area contributed by atoms with Gasteiger partial charge in [0.2, 0.25) is 0 Å². The van der Waals surface area contributed by atoms with E-state index in [4.69, 9.17) is 0 Å². The van der Waals surface area contributed by atoms with Gasteiger partial charge in [0.15, 0.2) is 0 Å². The summed E-state index contributed by atoms with van der Waals surface area (Å²) in [5.74, 6) is -0.192. The van der Waals surface area contributed by atoms with Crippen LogP contribution >= 0.6 is 0 Å². The summed E-state index contributed by atoms with van der Waals surface area (Å²) in [7, 11) is 0. The van der Waals surface area contributed by atoms with E-state index >= 15 is 0 Å². The Morgan fingerprint density at radius 2 is 1.50 bits per heavy atom. The fourth-order valence-corrected chi connectivity index (χ4v) is 3.75. The number of rotatable bonds is 4. The summed E-state index contributed by atoms with van der Waals surface area (Å²) in [6.45, 7) is 3.67. The molecule has 0 bridgehead atoms. The molecule has 1 aliphatic rings. The van der Waals surface area contributed by atoms with Crippen molar-refractivity contribution in [2.24, 2.45) is 0 Å². The van der Waals surface area contributed by atoms with Gasteiger partial charge in [-0.1, -0.05) is 60.7 Å². The van der Waals surface area contributed by atoms with E-state index < -0.39 is 0 Å². The first-order chi connectivity index (χ1) is 13.7. The molecule has 1 amide bonds. The molecule has 4 rings (SSSR count). The summed E-state index contributed by atoms with van der Waals surface area (Å²) in [5.41, 5.74) is 2.91. The molecule has 0 unspecified atom stereocenters. The normalized spacial score (nSPS) is 13.7. The first kappa shape index (κ1) is 18.2. The van der Waals surface area contributed by atoms with Gasteiger partial charge in [0.1, 0.15) is 5.56 Å². The molecule has 5 nitrogen and oxygen atoms in total. The first-order valence-corrected chi connectivity index (χ1v) is 9.76. The van der Waals surface area contributed by atoms with E-state index in [1.54, 1.807) is 4.90 Å². The van der Waals surface area contributed by atoms with Crippen LogP contribution in [0.3, 0.4) is 0 Å². The Labute approximate surface area is 164 Å². The molecule has 1 fully saturated rings. The maximum Gasteiger partial charge on any atom is 0.280 e. The molecule has 0 N–H and O–H groups in total. The van der Waals surface area contributed by atoms with Crippen LogP contribution in [0.25, 0.3) is 22.4 Å². The third kappa shape index (κ3) is 3.24. The van der Waals surface area contributed by atoms with Crippen LogP contribution in [0.2, 0.25) is 0 Å². The maximum absolute atomic E-state index is 13.4. The summed E-state index contributed by atoms with van der Waals surface area (Å²) in [4.78, 5) is 28.4. The van der Waals surface area contributed by atoms with Crippen molar-refractivity contribution < 1.29 is 4.79 Å². The molecular weight excluding hydrogens is 350 g/mol. The Balaban J connectivity index is 2.05. The van der Waals surface area contributed by atoms with Gasteiger partial charge in [-0.15, -0.1) is 0 Å².